The molecular weight excluding hydrogens is 300 g/mol. The van der Waals surface area contributed by atoms with E-state index in [1.807, 2.05) is 13.8 Å². The Labute approximate surface area is 136 Å². The van der Waals surface area contributed by atoms with E-state index in [-0.39, 0.29) is 48.1 Å². The summed E-state index contributed by atoms with van der Waals surface area (Å²) in [7, 11) is 0. The predicted octanol–water partition coefficient (Wildman–Crippen LogP) is 2.05. The van der Waals surface area contributed by atoms with Gasteiger partial charge in [0.25, 0.3) is 0 Å². The van der Waals surface area contributed by atoms with Crippen molar-refractivity contribution in [2.24, 2.45) is 17.8 Å². The van der Waals surface area contributed by atoms with Crippen LogP contribution in [0.3, 0.4) is 0 Å². The minimum Gasteiger partial charge on any atom is -0.466 e. The molecule has 3 aliphatic rings. The second-order valence-corrected chi connectivity index (χ2v) is 7.20. The summed E-state index contributed by atoms with van der Waals surface area (Å²) in [6, 6.07) is 0. The van der Waals surface area contributed by atoms with Crippen molar-refractivity contribution >= 4 is 11.8 Å². The predicted molar refractivity (Wildman–Crippen MR) is 80.3 cm³/mol. The molecule has 1 aliphatic carbocycles. The molecular formula is C17H26O6. The Balaban J connectivity index is 1.79. The van der Waals surface area contributed by atoms with Crippen LogP contribution in [-0.2, 0) is 28.5 Å². The Hall–Kier alpha value is -0.980. The summed E-state index contributed by atoms with van der Waals surface area (Å²) in [5.41, 5.74) is 0. The van der Waals surface area contributed by atoms with Crippen LogP contribution in [0.1, 0.15) is 47.0 Å². The first-order valence-electron chi connectivity index (χ1n) is 8.49. The molecule has 6 atom stereocenters. The van der Waals surface area contributed by atoms with E-state index < -0.39 is 12.1 Å². The van der Waals surface area contributed by atoms with Gasteiger partial charge in [0.1, 0.15) is 11.9 Å². The molecule has 130 valence electrons. The molecule has 0 unspecified atom stereocenters. The molecule has 3 fully saturated rings. The quantitative estimate of drug-likeness (QED) is 0.736. The maximum atomic E-state index is 12.3. The maximum absolute atomic E-state index is 12.3. The molecule has 6 nitrogen and oxygen atoms in total. The van der Waals surface area contributed by atoms with Gasteiger partial charge in [-0.2, -0.15) is 0 Å². The SMILES string of the molecule is CCOC(=O)C[C@H]1CC[C@H]2O[C@@H]3OC(C)(C)O[C@@H]3[C@@H]2[C@H]1C(C)=O. The first kappa shape index (κ1) is 16.9. The normalized spacial score (nSPS) is 41.2. The number of ether oxygens (including phenoxy) is 4. The zero-order valence-electron chi connectivity index (χ0n) is 14.2. The fraction of sp³-hybridized carbons (Fsp3) is 0.882. The van der Waals surface area contributed by atoms with Crippen LogP contribution in [0.2, 0.25) is 0 Å². The van der Waals surface area contributed by atoms with Gasteiger partial charge in [0.2, 0.25) is 0 Å². The standard InChI is InChI=1S/C17H26O6/c1-5-20-12(19)8-10-6-7-11-14(13(10)9(2)18)15-16(21-11)23-17(3,4)22-15/h10-11,13-16H,5-8H2,1-4H3/t10-,11-,13+,14+,15-,16-/m1/s1. The van der Waals surface area contributed by atoms with Crippen molar-refractivity contribution in [3.8, 4) is 0 Å². The second kappa shape index (κ2) is 6.15. The summed E-state index contributed by atoms with van der Waals surface area (Å²) in [6.45, 7) is 7.45. The molecule has 0 amide bonds. The van der Waals surface area contributed by atoms with Crippen LogP contribution in [0.4, 0.5) is 0 Å². The monoisotopic (exact) mass is 326 g/mol. The zero-order chi connectivity index (χ0) is 16.8. The van der Waals surface area contributed by atoms with E-state index in [0.29, 0.717) is 6.61 Å². The molecule has 0 N–H and O–H groups in total. The van der Waals surface area contributed by atoms with Crippen LogP contribution in [0.5, 0.6) is 0 Å². The molecule has 0 radical (unpaired) electrons. The van der Waals surface area contributed by atoms with Gasteiger partial charge in [0.15, 0.2) is 12.1 Å². The average molecular weight is 326 g/mol. The highest BCUT2D eigenvalue weighted by atomic mass is 16.8. The number of hydrogen-bond donors (Lipinski definition) is 0. The lowest BCUT2D eigenvalue weighted by molar-refractivity contribution is -0.217. The van der Waals surface area contributed by atoms with Crippen molar-refractivity contribution in [1.29, 1.82) is 0 Å². The van der Waals surface area contributed by atoms with Crippen LogP contribution in [0, 0.1) is 17.8 Å². The Morgan fingerprint density at radius 3 is 2.61 bits per heavy atom. The number of Topliss-reactive ketones (excluding diaryl/α,β-unsaturated/α-hetero) is 1. The van der Waals surface area contributed by atoms with Crippen LogP contribution in [0.15, 0.2) is 0 Å². The third kappa shape index (κ3) is 3.16. The van der Waals surface area contributed by atoms with Crippen molar-refractivity contribution < 1.29 is 28.5 Å². The van der Waals surface area contributed by atoms with E-state index >= 15 is 0 Å². The van der Waals surface area contributed by atoms with Gasteiger partial charge in [0.05, 0.1) is 12.7 Å². The van der Waals surface area contributed by atoms with Gasteiger partial charge in [0, 0.05) is 18.3 Å². The summed E-state index contributed by atoms with van der Waals surface area (Å²) in [5, 5.41) is 0. The summed E-state index contributed by atoms with van der Waals surface area (Å²) in [6.07, 6.45) is 1.19. The lowest BCUT2D eigenvalue weighted by atomic mass is 9.66. The molecule has 1 saturated carbocycles. The van der Waals surface area contributed by atoms with Gasteiger partial charge in [-0.05, 0) is 46.5 Å². The largest absolute Gasteiger partial charge is 0.466 e. The first-order chi connectivity index (χ1) is 10.8. The lowest BCUT2D eigenvalue weighted by Crippen LogP contribution is -2.45. The Morgan fingerprint density at radius 2 is 1.96 bits per heavy atom. The number of ketones is 1. The Bertz CT molecular complexity index is 487. The third-order valence-electron chi connectivity index (χ3n) is 5.15. The van der Waals surface area contributed by atoms with Crippen LogP contribution < -0.4 is 0 Å². The second-order valence-electron chi connectivity index (χ2n) is 7.20. The highest BCUT2D eigenvalue weighted by molar-refractivity contribution is 5.80. The smallest absolute Gasteiger partial charge is 0.306 e. The minimum absolute atomic E-state index is 0.0116. The first-order valence-corrected chi connectivity index (χ1v) is 8.49. The van der Waals surface area contributed by atoms with E-state index in [1.54, 1.807) is 13.8 Å². The lowest BCUT2D eigenvalue weighted by Gasteiger charge is -2.39. The topological polar surface area (TPSA) is 71.1 Å². The molecule has 2 saturated heterocycles. The summed E-state index contributed by atoms with van der Waals surface area (Å²) in [5.74, 6) is -1.15. The van der Waals surface area contributed by atoms with E-state index in [4.69, 9.17) is 18.9 Å². The third-order valence-corrected chi connectivity index (χ3v) is 5.15. The molecule has 0 aromatic carbocycles. The van der Waals surface area contributed by atoms with Crippen molar-refractivity contribution in [2.75, 3.05) is 6.61 Å². The fourth-order valence-electron chi connectivity index (χ4n) is 4.43. The van der Waals surface area contributed by atoms with Crippen LogP contribution in [0.25, 0.3) is 0 Å². The van der Waals surface area contributed by atoms with Gasteiger partial charge in [-0.25, -0.2) is 0 Å². The van der Waals surface area contributed by atoms with E-state index in [1.165, 1.54) is 0 Å². The molecule has 23 heavy (non-hydrogen) atoms. The molecule has 0 aromatic rings. The van der Waals surface area contributed by atoms with Gasteiger partial charge in [-0.1, -0.05) is 0 Å². The van der Waals surface area contributed by atoms with Gasteiger partial charge in [-0.15, -0.1) is 0 Å². The van der Waals surface area contributed by atoms with Gasteiger partial charge >= 0.3 is 5.97 Å². The number of fused-ring (bicyclic) bond motifs is 3. The molecule has 0 spiro atoms. The van der Waals surface area contributed by atoms with E-state index in [2.05, 4.69) is 0 Å². The summed E-state index contributed by atoms with van der Waals surface area (Å²) < 4.78 is 22.9. The molecule has 6 heteroatoms. The van der Waals surface area contributed by atoms with E-state index in [9.17, 15) is 9.59 Å². The number of carbonyl (C=O) groups excluding carboxylic acids is 2. The fourth-order valence-corrected chi connectivity index (χ4v) is 4.43. The maximum Gasteiger partial charge on any atom is 0.306 e. The minimum atomic E-state index is -0.699. The van der Waals surface area contributed by atoms with Crippen molar-refractivity contribution in [2.45, 2.75) is 71.2 Å². The average Bonchev–Trinajstić information content (AvgIpc) is 2.90. The molecule has 2 aliphatic heterocycles. The number of esters is 1. The van der Waals surface area contributed by atoms with Gasteiger partial charge in [-0.3, -0.25) is 9.59 Å². The highest BCUT2D eigenvalue weighted by Crippen LogP contribution is 2.50. The highest BCUT2D eigenvalue weighted by Gasteiger charge is 2.60. The number of hydrogen-bond acceptors (Lipinski definition) is 6. The Kier molecular flexibility index (Phi) is 4.51. The number of rotatable bonds is 4. The summed E-state index contributed by atoms with van der Waals surface area (Å²) >= 11 is 0. The molecule has 2 heterocycles. The van der Waals surface area contributed by atoms with Crippen molar-refractivity contribution in [3.05, 3.63) is 0 Å². The van der Waals surface area contributed by atoms with E-state index in [0.717, 1.165) is 12.8 Å². The zero-order valence-corrected chi connectivity index (χ0v) is 14.2. The van der Waals surface area contributed by atoms with Crippen LogP contribution in [-0.4, -0.2) is 42.6 Å². The Morgan fingerprint density at radius 1 is 1.22 bits per heavy atom. The van der Waals surface area contributed by atoms with Crippen LogP contribution >= 0.6 is 0 Å². The molecule has 0 bridgehead atoms. The van der Waals surface area contributed by atoms with Gasteiger partial charge < -0.3 is 18.9 Å². The van der Waals surface area contributed by atoms with Crippen molar-refractivity contribution in [1.82, 2.24) is 0 Å². The molecule has 3 rings (SSSR count). The number of carbonyl (C=O) groups is 2. The molecule has 0 aromatic heterocycles. The van der Waals surface area contributed by atoms with Crippen molar-refractivity contribution in [3.63, 3.8) is 0 Å². The summed E-state index contributed by atoms with van der Waals surface area (Å²) in [4.78, 5) is 24.2.